The van der Waals surface area contributed by atoms with Crippen LogP contribution in [0.25, 0.3) is 11.3 Å². The molecule has 0 fully saturated rings. The number of hydrazone groups is 1. The van der Waals surface area contributed by atoms with Crippen molar-refractivity contribution in [3.05, 3.63) is 95.0 Å². The third kappa shape index (κ3) is 3.73. The highest BCUT2D eigenvalue weighted by Gasteiger charge is 2.40. The van der Waals surface area contributed by atoms with Gasteiger partial charge in [-0.2, -0.15) is 9.83 Å². The van der Waals surface area contributed by atoms with Gasteiger partial charge in [0.25, 0.3) is 0 Å². The van der Waals surface area contributed by atoms with Crippen LogP contribution in [0.4, 0.5) is 11.5 Å². The van der Waals surface area contributed by atoms with E-state index in [1.807, 2.05) is 83.0 Å². The third-order valence-corrected chi connectivity index (χ3v) is 6.09. The fourth-order valence-corrected chi connectivity index (χ4v) is 4.32. The Morgan fingerprint density at radius 3 is 2.55 bits per heavy atom. The average molecular weight is 497 g/mol. The zero-order valence-corrected chi connectivity index (χ0v) is 19.3. The second-order valence-electron chi connectivity index (χ2n) is 7.63. The largest absolute Gasteiger partial charge is 0.383 e. The molecule has 3 heterocycles. The number of rotatable bonds is 3. The van der Waals surface area contributed by atoms with Crippen LogP contribution in [0.15, 0.2) is 89.0 Å². The van der Waals surface area contributed by atoms with Crippen LogP contribution in [0.2, 0.25) is 0 Å². The molecule has 1 aliphatic heterocycles. The Bertz CT molecular complexity index is 1430. The van der Waals surface area contributed by atoms with Crippen molar-refractivity contribution in [1.82, 2.24) is 14.5 Å². The molecule has 0 amide bonds. The van der Waals surface area contributed by atoms with Gasteiger partial charge in [0.1, 0.15) is 24.0 Å². The summed E-state index contributed by atoms with van der Waals surface area (Å²) >= 11 is 3.47. The van der Waals surface area contributed by atoms with Gasteiger partial charge in [0.2, 0.25) is 0 Å². The van der Waals surface area contributed by atoms with E-state index in [0.29, 0.717) is 11.3 Å². The summed E-state index contributed by atoms with van der Waals surface area (Å²) in [5.74, 6) is 0.734. The Morgan fingerprint density at radius 1 is 1.12 bits per heavy atom. The van der Waals surface area contributed by atoms with Gasteiger partial charge < -0.3 is 5.73 Å². The van der Waals surface area contributed by atoms with Crippen LogP contribution >= 0.6 is 15.9 Å². The molecule has 4 aromatic rings. The number of nitriles is 1. The van der Waals surface area contributed by atoms with Crippen LogP contribution < -0.4 is 5.73 Å². The van der Waals surface area contributed by atoms with E-state index in [4.69, 9.17) is 10.8 Å². The van der Waals surface area contributed by atoms with E-state index in [0.717, 1.165) is 32.8 Å². The average Bonchev–Trinajstić information content (AvgIpc) is 3.47. The van der Waals surface area contributed by atoms with Gasteiger partial charge in [0, 0.05) is 10.0 Å². The molecule has 0 aliphatic carbocycles. The predicted molar refractivity (Wildman–Crippen MR) is 131 cm³/mol. The summed E-state index contributed by atoms with van der Waals surface area (Å²) in [5, 5.41) is 14.8. The number of nitrogens with zero attached hydrogens (tertiary/aromatic N) is 6. The highest BCUT2D eigenvalue weighted by atomic mass is 79.9. The Balaban J connectivity index is 1.75. The molecule has 2 N–H and O–H groups in total. The number of para-hydroxylation sites is 1. The molecule has 0 radical (unpaired) electrons. The van der Waals surface area contributed by atoms with Crippen molar-refractivity contribution in [2.75, 3.05) is 5.73 Å². The highest BCUT2D eigenvalue weighted by molar-refractivity contribution is 9.10. The number of nitrogens with two attached hydrogens (primary N) is 1. The van der Waals surface area contributed by atoms with Crippen LogP contribution in [-0.2, 0) is 0 Å². The summed E-state index contributed by atoms with van der Waals surface area (Å²) in [5.41, 5.74) is 10.8. The van der Waals surface area contributed by atoms with Crippen LogP contribution in [0.5, 0.6) is 0 Å². The molecule has 8 heteroatoms. The number of hydrogen-bond donors (Lipinski definition) is 1. The first-order valence-corrected chi connectivity index (χ1v) is 11.1. The molecule has 1 atom stereocenters. The van der Waals surface area contributed by atoms with Crippen molar-refractivity contribution in [3.8, 4) is 17.3 Å². The van der Waals surface area contributed by atoms with Crippen LogP contribution in [0.3, 0.4) is 0 Å². The molecule has 0 saturated heterocycles. The number of imidazole rings is 1. The summed E-state index contributed by atoms with van der Waals surface area (Å²) in [6.07, 6.45) is 5.33. The zero-order chi connectivity index (χ0) is 22.9. The monoisotopic (exact) mass is 496 g/mol. The molecule has 33 heavy (non-hydrogen) atoms. The van der Waals surface area contributed by atoms with E-state index in [-0.39, 0.29) is 11.7 Å². The number of anilines is 1. The Hall–Kier alpha value is -4.09. The fraction of sp³-hybridized carbons (Fsp3) is 0.0800. The molecule has 2 aromatic carbocycles. The van der Waals surface area contributed by atoms with Gasteiger partial charge in [-0.15, -0.1) is 4.68 Å². The van der Waals surface area contributed by atoms with Gasteiger partial charge >= 0.3 is 5.84 Å². The Labute approximate surface area is 199 Å². The van der Waals surface area contributed by atoms with Crippen LogP contribution in [0.1, 0.15) is 24.0 Å². The maximum atomic E-state index is 9.99. The summed E-state index contributed by atoms with van der Waals surface area (Å²) < 4.78 is 4.79. The topological polar surface area (TPSA) is 95.9 Å². The van der Waals surface area contributed by atoms with Crippen LogP contribution in [0, 0.1) is 11.3 Å². The second-order valence-corrected chi connectivity index (χ2v) is 8.54. The summed E-state index contributed by atoms with van der Waals surface area (Å²) in [7, 11) is 0. The van der Waals surface area contributed by atoms with Gasteiger partial charge in [-0.1, -0.05) is 51.4 Å². The number of nitrogen functional groups attached to an aromatic ring is 1. The number of halogens is 1. The first-order chi connectivity index (χ1) is 16.1. The molecule has 0 bridgehead atoms. The number of aromatic nitrogens is 3. The summed E-state index contributed by atoms with van der Waals surface area (Å²) in [4.78, 5) is 8.76. The van der Waals surface area contributed by atoms with Crippen molar-refractivity contribution in [3.63, 3.8) is 0 Å². The lowest BCUT2D eigenvalue weighted by Crippen LogP contribution is -2.27. The van der Waals surface area contributed by atoms with Gasteiger partial charge in [-0.3, -0.25) is 0 Å². The fourth-order valence-electron chi connectivity index (χ4n) is 4.06. The standard InChI is InChI=1S/C25H19BrN7/c1-16-23(25(32-12-11-29-15-32)33(31-16)19-5-3-2-4-6-19)20-13-22(30-24(28)21(20)14-27)17-7-9-18(26)10-8-17/h2-13,15,23H,1H3,(H2,28,30)/q+1. The van der Waals surface area contributed by atoms with Crippen molar-refractivity contribution >= 4 is 39.0 Å². The molecule has 2 aromatic heterocycles. The third-order valence-electron chi connectivity index (χ3n) is 5.56. The summed E-state index contributed by atoms with van der Waals surface area (Å²) in [6, 6.07) is 21.9. The van der Waals surface area contributed by atoms with E-state index >= 15 is 0 Å². The molecule has 1 unspecified atom stereocenters. The lowest BCUT2D eigenvalue weighted by molar-refractivity contribution is -0.444. The summed E-state index contributed by atoms with van der Waals surface area (Å²) in [6.45, 7) is 1.96. The van der Waals surface area contributed by atoms with E-state index in [1.165, 1.54) is 0 Å². The van der Waals surface area contributed by atoms with E-state index in [2.05, 4.69) is 32.0 Å². The van der Waals surface area contributed by atoms with Gasteiger partial charge in [-0.05, 0) is 42.8 Å². The number of benzene rings is 2. The smallest absolute Gasteiger partial charge is 0.301 e. The van der Waals surface area contributed by atoms with Crippen molar-refractivity contribution in [1.29, 1.82) is 5.26 Å². The van der Waals surface area contributed by atoms with Crippen LogP contribution in [-0.4, -0.2) is 30.8 Å². The van der Waals surface area contributed by atoms with Crippen molar-refractivity contribution in [2.45, 2.75) is 12.8 Å². The first-order valence-electron chi connectivity index (χ1n) is 10.3. The molecule has 1 aliphatic rings. The molecule has 0 spiro atoms. The highest BCUT2D eigenvalue weighted by Crippen LogP contribution is 2.35. The SMILES string of the molecule is CC1=N[N+](c2ccccc2)=C(n2ccnc2)C1c1cc(-c2ccc(Br)cc2)nc(N)c1C#N. The maximum absolute atomic E-state index is 9.99. The zero-order valence-electron chi connectivity index (χ0n) is 17.7. The Kier molecular flexibility index (Phi) is 5.32. The quantitative estimate of drug-likeness (QED) is 0.406. The molecule has 5 rings (SSSR count). The minimum absolute atomic E-state index is 0.198. The maximum Gasteiger partial charge on any atom is 0.301 e. The van der Waals surface area contributed by atoms with Gasteiger partial charge in [-0.25, -0.2) is 9.97 Å². The number of pyridine rings is 1. The molecule has 160 valence electrons. The molecular formula is C25H19BrN7+. The molecule has 0 saturated carbocycles. The second kappa shape index (κ2) is 8.45. The Morgan fingerprint density at radius 2 is 1.88 bits per heavy atom. The van der Waals surface area contributed by atoms with Gasteiger partial charge in [0.15, 0.2) is 12.0 Å². The van der Waals surface area contributed by atoms with Gasteiger partial charge in [0.05, 0.1) is 23.2 Å². The van der Waals surface area contributed by atoms with Crippen molar-refractivity contribution in [2.24, 2.45) is 5.10 Å². The van der Waals surface area contributed by atoms with E-state index < -0.39 is 0 Å². The minimum atomic E-state index is -0.312. The lowest BCUT2D eigenvalue weighted by Gasteiger charge is -2.15. The van der Waals surface area contributed by atoms with E-state index in [9.17, 15) is 5.26 Å². The predicted octanol–water partition coefficient (Wildman–Crippen LogP) is 4.93. The number of hydrogen-bond acceptors (Lipinski definition) is 5. The molecule has 7 nitrogen and oxygen atoms in total. The molecular weight excluding hydrogens is 478 g/mol. The lowest BCUT2D eigenvalue weighted by atomic mass is 9.89. The first kappa shape index (κ1) is 20.8. The minimum Gasteiger partial charge on any atom is -0.383 e. The van der Waals surface area contributed by atoms with E-state index in [1.54, 1.807) is 12.5 Å². The van der Waals surface area contributed by atoms with Crippen molar-refractivity contribution < 1.29 is 4.68 Å². The normalized spacial score (nSPS) is 15.4.